The highest BCUT2D eigenvalue weighted by molar-refractivity contribution is 8.03. The third-order valence-electron chi connectivity index (χ3n) is 6.08. The van der Waals surface area contributed by atoms with Gasteiger partial charge in [-0.05, 0) is 6.92 Å². The second kappa shape index (κ2) is 6.79. The van der Waals surface area contributed by atoms with Gasteiger partial charge in [-0.1, -0.05) is 6.92 Å². The van der Waals surface area contributed by atoms with Crippen LogP contribution >= 0.6 is 11.8 Å². The highest BCUT2D eigenvalue weighted by Gasteiger charge is 2.60. The highest BCUT2D eigenvalue weighted by atomic mass is 32.2. The van der Waals surface area contributed by atoms with Crippen LogP contribution in [0, 0.1) is 11.8 Å². The molecule has 0 bridgehead atoms. The van der Waals surface area contributed by atoms with Gasteiger partial charge in [-0.3, -0.25) is 4.79 Å². The second-order valence-electron chi connectivity index (χ2n) is 8.25. The van der Waals surface area contributed by atoms with E-state index in [2.05, 4.69) is 0 Å². The van der Waals surface area contributed by atoms with Crippen LogP contribution in [0.25, 0.3) is 0 Å². The van der Waals surface area contributed by atoms with E-state index in [0.29, 0.717) is 22.4 Å². The molecule has 0 saturated carbocycles. The predicted molar refractivity (Wildman–Crippen MR) is 98.4 cm³/mol. The van der Waals surface area contributed by atoms with Gasteiger partial charge in [0.05, 0.1) is 51.1 Å². The van der Waals surface area contributed by atoms with Crippen LogP contribution in [0.1, 0.15) is 20.3 Å². The number of fused-ring (bicyclic) bond motifs is 1. The number of aliphatic hydroxyl groups excluding tert-OH is 1. The van der Waals surface area contributed by atoms with Gasteiger partial charge in [0.1, 0.15) is 5.70 Å². The van der Waals surface area contributed by atoms with Gasteiger partial charge in [-0.15, -0.1) is 11.8 Å². The quantitative estimate of drug-likeness (QED) is 0.388. The molecule has 0 spiro atoms. The van der Waals surface area contributed by atoms with E-state index in [0.717, 1.165) is 0 Å². The van der Waals surface area contributed by atoms with Crippen LogP contribution in [0.4, 0.5) is 0 Å². The monoisotopic (exact) mass is 399 g/mol. The number of esters is 1. The molecule has 2 saturated heterocycles. The molecule has 1 unspecified atom stereocenters. The number of rotatable bonds is 5. The largest absolute Gasteiger partial charge is 0.477 e. The molecule has 9 heteroatoms. The lowest BCUT2D eigenvalue weighted by molar-refractivity contribution is -0.893. The summed E-state index contributed by atoms with van der Waals surface area (Å²) in [6, 6.07) is -0.603. The smallest absolute Gasteiger partial charge is 0.364 e. The summed E-state index contributed by atoms with van der Waals surface area (Å²) in [5, 5.41) is 19.7. The summed E-state index contributed by atoms with van der Waals surface area (Å²) in [5.41, 5.74) is 0.0335. The fourth-order valence-corrected chi connectivity index (χ4v) is 6.47. The van der Waals surface area contributed by atoms with E-state index < -0.39 is 18.0 Å². The minimum absolute atomic E-state index is 0.0335. The number of hydrogen-bond acceptors (Lipinski definition) is 6. The van der Waals surface area contributed by atoms with E-state index in [4.69, 9.17) is 4.74 Å². The summed E-state index contributed by atoms with van der Waals surface area (Å²) in [7, 11) is 5.31. The van der Waals surface area contributed by atoms with Crippen LogP contribution in [-0.2, 0) is 19.1 Å². The first kappa shape index (κ1) is 20.2. The molecular weight excluding hydrogens is 372 g/mol. The number of carbonyl (C=O) groups excluding carboxylic acids is 2. The normalized spacial score (nSPS) is 35.7. The van der Waals surface area contributed by atoms with Crippen molar-refractivity contribution in [3.63, 3.8) is 0 Å². The lowest BCUT2D eigenvalue weighted by Crippen LogP contribution is -2.63. The number of carboxylic acids is 1. The number of thioether (sulfide) groups is 1. The molecule has 1 amide bonds. The summed E-state index contributed by atoms with van der Waals surface area (Å²) >= 11 is 1.46. The van der Waals surface area contributed by atoms with Crippen LogP contribution < -0.4 is 0 Å². The molecule has 6 atom stereocenters. The molecule has 3 rings (SSSR count). The van der Waals surface area contributed by atoms with Crippen LogP contribution in [0.5, 0.6) is 0 Å². The molecule has 27 heavy (non-hydrogen) atoms. The van der Waals surface area contributed by atoms with Crippen LogP contribution in [0.15, 0.2) is 10.6 Å². The molecule has 3 aliphatic rings. The van der Waals surface area contributed by atoms with Gasteiger partial charge < -0.3 is 24.3 Å². The van der Waals surface area contributed by atoms with Crippen molar-refractivity contribution in [1.29, 1.82) is 0 Å². The molecule has 150 valence electrons. The van der Waals surface area contributed by atoms with Gasteiger partial charge in [0, 0.05) is 17.2 Å². The van der Waals surface area contributed by atoms with Crippen molar-refractivity contribution in [3.8, 4) is 0 Å². The molecule has 0 aliphatic carbocycles. The molecule has 0 aromatic rings. The number of β-lactam (4-membered cyclic amide) rings is 1. The van der Waals surface area contributed by atoms with Crippen molar-refractivity contribution < 1.29 is 33.8 Å². The standard InChI is InChI=1S/C18H26N2O6S/c1-8-13-12(9(2)21)16(22)19(13)14(17(23)24)15(8)27-10-6-11(18(25)26-5)20(3,4)7-10/h8-13,21H,6-7H2,1-5H3/p+1/t8-,9-,10+,11?,12-,13-/m1/s1. The van der Waals surface area contributed by atoms with Gasteiger partial charge >= 0.3 is 11.9 Å². The average Bonchev–Trinajstić information content (AvgIpc) is 2.99. The fraction of sp³-hybridized carbons (Fsp3) is 0.722. The van der Waals surface area contributed by atoms with E-state index in [1.54, 1.807) is 6.92 Å². The number of methoxy groups -OCH3 is 1. The van der Waals surface area contributed by atoms with Crippen molar-refractivity contribution in [2.75, 3.05) is 27.7 Å². The Morgan fingerprint density at radius 3 is 2.52 bits per heavy atom. The van der Waals surface area contributed by atoms with Crippen molar-refractivity contribution in [2.45, 2.75) is 43.7 Å². The lowest BCUT2D eigenvalue weighted by Gasteiger charge is -2.46. The zero-order chi connectivity index (χ0) is 20.3. The average molecular weight is 399 g/mol. The predicted octanol–water partition coefficient (Wildman–Crippen LogP) is 0.264. The zero-order valence-corrected chi connectivity index (χ0v) is 17.0. The van der Waals surface area contributed by atoms with Crippen LogP contribution in [0.2, 0.25) is 0 Å². The summed E-state index contributed by atoms with van der Waals surface area (Å²) in [6.07, 6.45) is -0.224. The second-order valence-corrected chi connectivity index (χ2v) is 9.59. The van der Waals surface area contributed by atoms with Gasteiger partial charge in [0.25, 0.3) is 0 Å². The maximum atomic E-state index is 12.4. The van der Waals surface area contributed by atoms with Crippen molar-refractivity contribution in [1.82, 2.24) is 4.90 Å². The summed E-state index contributed by atoms with van der Waals surface area (Å²) < 4.78 is 5.40. The first-order valence-electron chi connectivity index (χ1n) is 9.07. The Morgan fingerprint density at radius 1 is 1.37 bits per heavy atom. The van der Waals surface area contributed by atoms with Gasteiger partial charge in [0.2, 0.25) is 5.91 Å². The lowest BCUT2D eigenvalue weighted by atomic mass is 9.79. The van der Waals surface area contributed by atoms with E-state index in [1.165, 1.54) is 23.8 Å². The van der Waals surface area contributed by atoms with E-state index in [9.17, 15) is 24.6 Å². The Hall–Kier alpha value is -1.58. The topological polar surface area (TPSA) is 104 Å². The highest BCUT2D eigenvalue weighted by Crippen LogP contribution is 2.52. The maximum Gasteiger partial charge on any atom is 0.364 e. The van der Waals surface area contributed by atoms with Crippen LogP contribution in [-0.4, -0.2) is 88.6 Å². The summed E-state index contributed by atoms with van der Waals surface area (Å²) in [5.74, 6) is -2.44. The number of ether oxygens (including phenoxy) is 1. The number of aliphatic carboxylic acids is 1. The molecule has 0 aromatic heterocycles. The number of aliphatic hydroxyl groups is 1. The maximum absolute atomic E-state index is 12.4. The number of quaternary nitrogens is 1. The van der Waals surface area contributed by atoms with E-state index >= 15 is 0 Å². The first-order chi connectivity index (χ1) is 12.5. The van der Waals surface area contributed by atoms with Crippen molar-refractivity contribution >= 4 is 29.6 Å². The Kier molecular flexibility index (Phi) is 5.07. The Bertz CT molecular complexity index is 719. The number of likely N-dealkylation sites (N-methyl/N-ethyl adjacent to an activating group) is 1. The van der Waals surface area contributed by atoms with E-state index in [1.807, 2.05) is 21.0 Å². The molecule has 2 fully saturated rings. The number of nitrogens with zero attached hydrogens (tertiary/aromatic N) is 2. The van der Waals surface area contributed by atoms with Crippen molar-refractivity contribution in [3.05, 3.63) is 10.6 Å². The first-order valence-corrected chi connectivity index (χ1v) is 9.95. The molecule has 2 N–H and O–H groups in total. The van der Waals surface area contributed by atoms with Crippen molar-refractivity contribution in [2.24, 2.45) is 11.8 Å². The number of carbonyl (C=O) groups is 3. The SMILES string of the molecule is COC(=O)C1C[C@H](SC2=C(C(=O)O)N3C(=O)[C@H]([C@@H](C)O)[C@H]3[C@H]2C)C[N+]1(C)C. The van der Waals surface area contributed by atoms with Gasteiger partial charge in [0.15, 0.2) is 6.04 Å². The molecular formula is C18H27N2O6S+. The molecule has 3 heterocycles. The third kappa shape index (κ3) is 3.05. The zero-order valence-electron chi connectivity index (χ0n) is 16.2. The van der Waals surface area contributed by atoms with Gasteiger partial charge in [-0.25, -0.2) is 9.59 Å². The number of likely N-dealkylation sites (tertiary alicyclic amines) is 1. The molecule has 0 radical (unpaired) electrons. The minimum Gasteiger partial charge on any atom is -0.477 e. The summed E-state index contributed by atoms with van der Waals surface area (Å²) in [6.45, 7) is 4.17. The minimum atomic E-state index is -1.12. The Morgan fingerprint density at radius 2 is 2.00 bits per heavy atom. The Labute approximate surface area is 162 Å². The number of amides is 1. The molecule has 0 aromatic carbocycles. The molecule has 3 aliphatic heterocycles. The fourth-order valence-electron chi connectivity index (χ4n) is 4.72. The molecule has 8 nitrogen and oxygen atoms in total. The van der Waals surface area contributed by atoms with E-state index in [-0.39, 0.29) is 40.8 Å². The number of carboxylic acid groups (broad SMARTS) is 1. The number of hydrogen-bond donors (Lipinski definition) is 2. The van der Waals surface area contributed by atoms with Crippen LogP contribution in [0.3, 0.4) is 0 Å². The van der Waals surface area contributed by atoms with Gasteiger partial charge in [-0.2, -0.15) is 0 Å². The Balaban J connectivity index is 1.85. The third-order valence-corrected chi connectivity index (χ3v) is 7.58. The summed E-state index contributed by atoms with van der Waals surface area (Å²) in [4.78, 5) is 38.4.